The van der Waals surface area contributed by atoms with Crippen LogP contribution in [-0.2, 0) is 9.59 Å². The summed E-state index contributed by atoms with van der Waals surface area (Å²) in [6.45, 7) is 0. The number of hydrogen-bond acceptors (Lipinski definition) is 2. The van der Waals surface area contributed by atoms with Gasteiger partial charge < -0.3 is 10.2 Å². The molecule has 0 aromatic rings. The lowest BCUT2D eigenvalue weighted by Gasteiger charge is -2.30. The van der Waals surface area contributed by atoms with Gasteiger partial charge in [0, 0.05) is 6.42 Å². The van der Waals surface area contributed by atoms with Crippen molar-refractivity contribution in [2.24, 2.45) is 5.41 Å². The molecule has 2 N–H and O–H groups in total. The standard InChI is InChI=1S/C20H36O4/c21-18(22)14-10-6-5-9-13-17-20(19(23)24)15-11-7-3-1-2-4-8-12-16-20/h1-17H2,(H,21,22)(H,23,24). The zero-order valence-corrected chi connectivity index (χ0v) is 15.2. The predicted octanol–water partition coefficient (Wildman–Crippen LogP) is 5.79. The number of carbonyl (C=O) groups is 2. The third kappa shape index (κ3) is 8.70. The minimum atomic E-state index is -0.725. The highest BCUT2D eigenvalue weighted by Gasteiger charge is 2.36. The maximum absolute atomic E-state index is 12.0. The summed E-state index contributed by atoms with van der Waals surface area (Å²) in [4.78, 5) is 22.5. The minimum absolute atomic E-state index is 0.249. The number of unbranched alkanes of at least 4 members (excludes halogenated alkanes) is 4. The van der Waals surface area contributed by atoms with Crippen molar-refractivity contribution in [2.45, 2.75) is 109 Å². The molecule has 1 rings (SSSR count). The molecule has 0 aliphatic heterocycles. The maximum atomic E-state index is 12.0. The minimum Gasteiger partial charge on any atom is -0.481 e. The Bertz CT molecular complexity index is 353. The number of rotatable bonds is 9. The first-order valence-corrected chi connectivity index (χ1v) is 10.0. The highest BCUT2D eigenvalue weighted by atomic mass is 16.4. The monoisotopic (exact) mass is 340 g/mol. The molecule has 0 atom stereocenters. The van der Waals surface area contributed by atoms with Crippen molar-refractivity contribution in [1.82, 2.24) is 0 Å². The molecule has 0 radical (unpaired) electrons. The first-order chi connectivity index (χ1) is 11.6. The first kappa shape index (κ1) is 21.0. The van der Waals surface area contributed by atoms with Crippen molar-refractivity contribution in [2.75, 3.05) is 0 Å². The van der Waals surface area contributed by atoms with Crippen LogP contribution in [0, 0.1) is 5.41 Å². The Kier molecular flexibility index (Phi) is 10.8. The van der Waals surface area contributed by atoms with Crippen LogP contribution in [0.15, 0.2) is 0 Å². The molecule has 1 saturated carbocycles. The predicted molar refractivity (Wildman–Crippen MR) is 96.2 cm³/mol. The van der Waals surface area contributed by atoms with E-state index in [4.69, 9.17) is 5.11 Å². The van der Waals surface area contributed by atoms with Crippen molar-refractivity contribution in [3.63, 3.8) is 0 Å². The van der Waals surface area contributed by atoms with E-state index in [9.17, 15) is 14.7 Å². The van der Waals surface area contributed by atoms with Gasteiger partial charge in [0.2, 0.25) is 0 Å². The van der Waals surface area contributed by atoms with E-state index in [-0.39, 0.29) is 6.42 Å². The summed E-state index contributed by atoms with van der Waals surface area (Å²) < 4.78 is 0. The fourth-order valence-corrected chi connectivity index (χ4v) is 3.95. The molecular weight excluding hydrogens is 304 g/mol. The van der Waals surface area contributed by atoms with Gasteiger partial charge in [-0.05, 0) is 25.7 Å². The van der Waals surface area contributed by atoms with Crippen molar-refractivity contribution in [3.05, 3.63) is 0 Å². The van der Waals surface area contributed by atoms with Crippen LogP contribution in [0.4, 0.5) is 0 Å². The molecule has 0 aromatic carbocycles. The molecule has 0 amide bonds. The van der Waals surface area contributed by atoms with Gasteiger partial charge in [0.15, 0.2) is 0 Å². The summed E-state index contributed by atoms with van der Waals surface area (Å²) in [5.74, 6) is -1.31. The fraction of sp³-hybridized carbons (Fsp3) is 0.900. The summed E-state index contributed by atoms with van der Waals surface area (Å²) >= 11 is 0. The molecule has 0 bridgehead atoms. The number of carboxylic acid groups (broad SMARTS) is 2. The average Bonchev–Trinajstić information content (AvgIpc) is 2.59. The van der Waals surface area contributed by atoms with E-state index in [1.54, 1.807) is 0 Å². The Morgan fingerprint density at radius 3 is 1.62 bits per heavy atom. The molecule has 0 unspecified atom stereocenters. The normalized spacial score (nSPS) is 19.3. The third-order valence-corrected chi connectivity index (χ3v) is 5.56. The van der Waals surface area contributed by atoms with Crippen LogP contribution in [0.5, 0.6) is 0 Å². The highest BCUT2D eigenvalue weighted by Crippen LogP contribution is 2.38. The van der Waals surface area contributed by atoms with Gasteiger partial charge in [-0.1, -0.05) is 77.0 Å². The molecule has 0 aromatic heterocycles. The Morgan fingerprint density at radius 2 is 1.12 bits per heavy atom. The quantitative estimate of drug-likeness (QED) is 0.521. The molecule has 140 valence electrons. The van der Waals surface area contributed by atoms with E-state index in [2.05, 4.69) is 0 Å². The molecule has 4 nitrogen and oxygen atoms in total. The second kappa shape index (κ2) is 12.3. The molecule has 4 heteroatoms. The smallest absolute Gasteiger partial charge is 0.309 e. The van der Waals surface area contributed by atoms with E-state index < -0.39 is 17.4 Å². The Balaban J connectivity index is 2.39. The molecule has 1 aliphatic carbocycles. The van der Waals surface area contributed by atoms with Gasteiger partial charge in [-0.2, -0.15) is 0 Å². The second-order valence-electron chi connectivity index (χ2n) is 7.58. The Labute approximate surface area is 147 Å². The molecule has 0 spiro atoms. The summed E-state index contributed by atoms with van der Waals surface area (Å²) in [5.41, 5.74) is -0.509. The fourth-order valence-electron chi connectivity index (χ4n) is 3.95. The zero-order chi connectivity index (χ0) is 17.7. The lowest BCUT2D eigenvalue weighted by molar-refractivity contribution is -0.151. The first-order valence-electron chi connectivity index (χ1n) is 10.0. The van der Waals surface area contributed by atoms with Crippen LogP contribution in [0.3, 0.4) is 0 Å². The van der Waals surface area contributed by atoms with Crippen LogP contribution in [0.2, 0.25) is 0 Å². The summed E-state index contributed by atoms with van der Waals surface area (Å²) in [5, 5.41) is 18.5. The van der Waals surface area contributed by atoms with Crippen molar-refractivity contribution >= 4 is 11.9 Å². The van der Waals surface area contributed by atoms with E-state index >= 15 is 0 Å². The van der Waals surface area contributed by atoms with Crippen LogP contribution in [0.25, 0.3) is 0 Å². The Morgan fingerprint density at radius 1 is 0.667 bits per heavy atom. The SMILES string of the molecule is O=C(O)CCCCCCCC1(C(=O)O)CCCCCCCCCC1. The Hall–Kier alpha value is -1.06. The zero-order valence-electron chi connectivity index (χ0n) is 15.2. The van der Waals surface area contributed by atoms with Crippen LogP contribution < -0.4 is 0 Å². The van der Waals surface area contributed by atoms with Gasteiger partial charge in [0.05, 0.1) is 5.41 Å². The summed E-state index contributed by atoms with van der Waals surface area (Å²) in [6, 6.07) is 0. The number of aliphatic carboxylic acids is 2. The topological polar surface area (TPSA) is 74.6 Å². The average molecular weight is 341 g/mol. The van der Waals surface area contributed by atoms with Gasteiger partial charge >= 0.3 is 11.9 Å². The molecular formula is C20H36O4. The van der Waals surface area contributed by atoms with Crippen molar-refractivity contribution in [3.8, 4) is 0 Å². The van der Waals surface area contributed by atoms with E-state index in [1.807, 2.05) is 0 Å². The second-order valence-corrected chi connectivity index (χ2v) is 7.58. The van der Waals surface area contributed by atoms with E-state index in [0.717, 1.165) is 64.2 Å². The van der Waals surface area contributed by atoms with Gasteiger partial charge in [0.1, 0.15) is 0 Å². The van der Waals surface area contributed by atoms with Crippen molar-refractivity contribution < 1.29 is 19.8 Å². The lowest BCUT2D eigenvalue weighted by Crippen LogP contribution is -2.31. The van der Waals surface area contributed by atoms with Gasteiger partial charge in [-0.3, -0.25) is 9.59 Å². The third-order valence-electron chi connectivity index (χ3n) is 5.56. The maximum Gasteiger partial charge on any atom is 0.309 e. The van der Waals surface area contributed by atoms with Gasteiger partial charge in [-0.25, -0.2) is 0 Å². The van der Waals surface area contributed by atoms with Crippen molar-refractivity contribution in [1.29, 1.82) is 0 Å². The molecule has 24 heavy (non-hydrogen) atoms. The van der Waals surface area contributed by atoms with Gasteiger partial charge in [-0.15, -0.1) is 0 Å². The van der Waals surface area contributed by atoms with Gasteiger partial charge in [0.25, 0.3) is 0 Å². The van der Waals surface area contributed by atoms with E-state index in [0.29, 0.717) is 0 Å². The lowest BCUT2D eigenvalue weighted by atomic mass is 9.74. The highest BCUT2D eigenvalue weighted by molar-refractivity contribution is 5.74. The summed E-state index contributed by atoms with van der Waals surface area (Å²) in [6.07, 6.45) is 16.9. The van der Waals surface area contributed by atoms with Crippen LogP contribution >= 0.6 is 0 Å². The molecule has 1 aliphatic rings. The number of hydrogen-bond donors (Lipinski definition) is 2. The van der Waals surface area contributed by atoms with Crippen LogP contribution in [-0.4, -0.2) is 22.2 Å². The largest absolute Gasteiger partial charge is 0.481 e. The molecule has 0 saturated heterocycles. The summed E-state index contributed by atoms with van der Waals surface area (Å²) in [7, 11) is 0. The van der Waals surface area contributed by atoms with E-state index in [1.165, 1.54) is 38.5 Å². The molecule has 1 fully saturated rings. The molecule has 0 heterocycles. The number of carboxylic acids is 2. The van der Waals surface area contributed by atoms with Crippen LogP contribution in [0.1, 0.15) is 109 Å².